The summed E-state index contributed by atoms with van der Waals surface area (Å²) in [6.07, 6.45) is 2.74. The Balaban J connectivity index is 1.78. The number of hydrogen-bond acceptors (Lipinski definition) is 5. The van der Waals surface area contributed by atoms with Gasteiger partial charge < -0.3 is 14.8 Å². The SMILES string of the molecule is Cc1cc2c(cc1S(=O)(=O)N1CCCC13CCNC3)OCO2. The first-order chi connectivity index (χ1) is 10.5. The summed E-state index contributed by atoms with van der Waals surface area (Å²) < 4.78 is 38.8. The van der Waals surface area contributed by atoms with Crippen molar-refractivity contribution in [2.45, 2.75) is 36.6 Å². The highest BCUT2D eigenvalue weighted by atomic mass is 32.2. The molecule has 2 saturated heterocycles. The first kappa shape index (κ1) is 14.3. The first-order valence-corrected chi connectivity index (χ1v) is 9.11. The van der Waals surface area contributed by atoms with Gasteiger partial charge in [0.15, 0.2) is 11.5 Å². The largest absolute Gasteiger partial charge is 0.454 e. The Bertz CT molecular complexity index is 705. The van der Waals surface area contributed by atoms with Crippen molar-refractivity contribution in [1.82, 2.24) is 9.62 Å². The van der Waals surface area contributed by atoms with E-state index in [1.54, 1.807) is 16.4 Å². The van der Waals surface area contributed by atoms with Gasteiger partial charge in [-0.1, -0.05) is 0 Å². The van der Waals surface area contributed by atoms with Crippen LogP contribution < -0.4 is 14.8 Å². The normalized spacial score (nSPS) is 27.9. The fourth-order valence-corrected chi connectivity index (χ4v) is 5.95. The molecule has 0 amide bonds. The van der Waals surface area contributed by atoms with Crippen LogP contribution in [-0.4, -0.2) is 44.7 Å². The molecule has 2 fully saturated rings. The fraction of sp³-hybridized carbons (Fsp3) is 0.600. The molecule has 3 aliphatic rings. The molecule has 1 aromatic rings. The van der Waals surface area contributed by atoms with Crippen LogP contribution in [0.1, 0.15) is 24.8 Å². The van der Waals surface area contributed by atoms with Crippen molar-refractivity contribution in [3.05, 3.63) is 17.7 Å². The number of aryl methyl sites for hydroxylation is 1. The maximum Gasteiger partial charge on any atom is 0.244 e. The van der Waals surface area contributed by atoms with Crippen LogP contribution >= 0.6 is 0 Å². The number of fused-ring (bicyclic) bond motifs is 1. The Morgan fingerprint density at radius 3 is 2.73 bits per heavy atom. The second-order valence-electron chi connectivity index (χ2n) is 6.30. The Morgan fingerprint density at radius 1 is 1.23 bits per heavy atom. The van der Waals surface area contributed by atoms with E-state index in [1.807, 2.05) is 6.92 Å². The van der Waals surface area contributed by atoms with Gasteiger partial charge in [-0.15, -0.1) is 0 Å². The van der Waals surface area contributed by atoms with Gasteiger partial charge in [0.2, 0.25) is 16.8 Å². The van der Waals surface area contributed by atoms with Crippen molar-refractivity contribution >= 4 is 10.0 Å². The fourth-order valence-electron chi connectivity index (χ4n) is 3.87. The smallest absolute Gasteiger partial charge is 0.244 e. The molecule has 1 unspecified atom stereocenters. The van der Waals surface area contributed by atoms with Crippen molar-refractivity contribution in [2.75, 3.05) is 26.4 Å². The molecule has 7 heteroatoms. The van der Waals surface area contributed by atoms with Gasteiger partial charge in [-0.25, -0.2) is 8.42 Å². The summed E-state index contributed by atoms with van der Waals surface area (Å²) in [6.45, 7) is 4.18. The van der Waals surface area contributed by atoms with E-state index < -0.39 is 10.0 Å². The second-order valence-corrected chi connectivity index (χ2v) is 8.13. The zero-order valence-electron chi connectivity index (χ0n) is 12.6. The van der Waals surface area contributed by atoms with Crippen molar-refractivity contribution in [3.8, 4) is 11.5 Å². The molecule has 0 saturated carbocycles. The van der Waals surface area contributed by atoms with Crippen molar-refractivity contribution in [2.24, 2.45) is 0 Å². The summed E-state index contributed by atoms with van der Waals surface area (Å²) in [7, 11) is -3.52. The average molecular weight is 324 g/mol. The maximum atomic E-state index is 13.2. The molecule has 6 nitrogen and oxygen atoms in total. The minimum Gasteiger partial charge on any atom is -0.454 e. The van der Waals surface area contributed by atoms with E-state index in [9.17, 15) is 8.42 Å². The Kier molecular flexibility index (Phi) is 3.15. The minimum absolute atomic E-state index is 0.149. The number of nitrogens with zero attached hydrogens (tertiary/aromatic N) is 1. The van der Waals surface area contributed by atoms with Gasteiger partial charge in [0.05, 0.1) is 4.90 Å². The monoisotopic (exact) mass is 324 g/mol. The van der Waals surface area contributed by atoms with Crippen molar-refractivity contribution in [1.29, 1.82) is 0 Å². The van der Waals surface area contributed by atoms with Gasteiger partial charge in [0.25, 0.3) is 0 Å². The number of ether oxygens (including phenoxy) is 2. The molecule has 4 rings (SSSR count). The minimum atomic E-state index is -3.52. The van der Waals surface area contributed by atoms with Crippen LogP contribution in [0.5, 0.6) is 11.5 Å². The lowest BCUT2D eigenvalue weighted by Gasteiger charge is -2.33. The quantitative estimate of drug-likeness (QED) is 0.886. The number of sulfonamides is 1. The molecule has 1 aromatic carbocycles. The van der Waals surface area contributed by atoms with Crippen molar-refractivity contribution < 1.29 is 17.9 Å². The molecule has 0 aliphatic carbocycles. The molecule has 0 aromatic heterocycles. The van der Waals surface area contributed by atoms with Crippen LogP contribution in [0.3, 0.4) is 0 Å². The van der Waals surface area contributed by atoms with Crippen LogP contribution in [0, 0.1) is 6.92 Å². The summed E-state index contributed by atoms with van der Waals surface area (Å²) in [6, 6.07) is 3.37. The van der Waals surface area contributed by atoms with Crippen molar-refractivity contribution in [3.63, 3.8) is 0 Å². The molecule has 0 radical (unpaired) electrons. The molecule has 1 spiro atoms. The zero-order chi connectivity index (χ0) is 15.4. The molecule has 0 bridgehead atoms. The number of hydrogen-bond donors (Lipinski definition) is 1. The van der Waals surface area contributed by atoms with Crippen LogP contribution in [-0.2, 0) is 10.0 Å². The zero-order valence-corrected chi connectivity index (χ0v) is 13.4. The molecule has 1 N–H and O–H groups in total. The summed E-state index contributed by atoms with van der Waals surface area (Å²) in [5.41, 5.74) is 0.457. The average Bonchev–Trinajstić information content (AvgIpc) is 3.20. The first-order valence-electron chi connectivity index (χ1n) is 7.67. The van der Waals surface area contributed by atoms with Crippen LogP contribution in [0.2, 0.25) is 0 Å². The van der Waals surface area contributed by atoms with Gasteiger partial charge in [-0.3, -0.25) is 0 Å². The Labute approximate surface area is 130 Å². The lowest BCUT2D eigenvalue weighted by atomic mass is 9.97. The summed E-state index contributed by atoms with van der Waals surface area (Å²) >= 11 is 0. The predicted molar refractivity (Wildman–Crippen MR) is 80.6 cm³/mol. The van der Waals surface area contributed by atoms with E-state index in [2.05, 4.69) is 5.32 Å². The predicted octanol–water partition coefficient (Wildman–Crippen LogP) is 1.24. The lowest BCUT2D eigenvalue weighted by molar-refractivity contribution is 0.174. The van der Waals surface area contributed by atoms with Gasteiger partial charge >= 0.3 is 0 Å². The number of rotatable bonds is 2. The van der Waals surface area contributed by atoms with E-state index in [4.69, 9.17) is 9.47 Å². The standard InChI is InChI=1S/C15H20N2O4S/c1-11-7-12-13(21-10-20-12)8-14(11)22(18,19)17-6-2-3-15(17)4-5-16-9-15/h7-8,16H,2-6,9-10H2,1H3. The number of nitrogens with one attached hydrogen (secondary N) is 1. The lowest BCUT2D eigenvalue weighted by Crippen LogP contribution is -2.48. The highest BCUT2D eigenvalue weighted by Crippen LogP contribution is 2.42. The van der Waals surface area contributed by atoms with E-state index in [0.717, 1.165) is 32.4 Å². The molecular weight excluding hydrogens is 304 g/mol. The van der Waals surface area contributed by atoms with Crippen LogP contribution in [0.4, 0.5) is 0 Å². The topological polar surface area (TPSA) is 67.9 Å². The molecule has 120 valence electrons. The van der Waals surface area contributed by atoms with E-state index in [-0.39, 0.29) is 12.3 Å². The summed E-state index contributed by atoms with van der Waals surface area (Å²) in [4.78, 5) is 0.338. The van der Waals surface area contributed by atoms with Gasteiger partial charge in [0, 0.05) is 24.7 Å². The van der Waals surface area contributed by atoms with E-state index in [1.165, 1.54) is 0 Å². The maximum absolute atomic E-state index is 13.2. The molecule has 3 heterocycles. The molecule has 22 heavy (non-hydrogen) atoms. The van der Waals surface area contributed by atoms with Crippen LogP contribution in [0.15, 0.2) is 17.0 Å². The van der Waals surface area contributed by atoms with E-state index >= 15 is 0 Å². The van der Waals surface area contributed by atoms with E-state index in [0.29, 0.717) is 28.5 Å². The van der Waals surface area contributed by atoms with Crippen LogP contribution in [0.25, 0.3) is 0 Å². The van der Waals surface area contributed by atoms with Gasteiger partial charge in [-0.05, 0) is 44.4 Å². The molecule has 1 atom stereocenters. The third-order valence-electron chi connectivity index (χ3n) is 4.99. The Hall–Kier alpha value is -1.31. The molecular formula is C15H20N2O4S. The third-order valence-corrected chi connectivity index (χ3v) is 7.14. The van der Waals surface area contributed by atoms with Gasteiger partial charge in [0.1, 0.15) is 0 Å². The number of benzene rings is 1. The van der Waals surface area contributed by atoms with Gasteiger partial charge in [-0.2, -0.15) is 4.31 Å². The third kappa shape index (κ3) is 1.96. The Morgan fingerprint density at radius 2 is 2.00 bits per heavy atom. The highest BCUT2D eigenvalue weighted by Gasteiger charge is 2.49. The molecule has 3 aliphatic heterocycles. The second kappa shape index (κ2) is 4.84. The summed E-state index contributed by atoms with van der Waals surface area (Å²) in [5, 5.41) is 3.31. The highest BCUT2D eigenvalue weighted by molar-refractivity contribution is 7.89. The summed E-state index contributed by atoms with van der Waals surface area (Å²) in [5.74, 6) is 1.14.